The van der Waals surface area contributed by atoms with Gasteiger partial charge in [-0.1, -0.05) is 78.4 Å². The van der Waals surface area contributed by atoms with E-state index in [0.717, 1.165) is 22.4 Å². The molecule has 0 fully saturated rings. The highest BCUT2D eigenvalue weighted by atomic mass is 32.2. The van der Waals surface area contributed by atoms with Crippen molar-refractivity contribution < 1.29 is 8.42 Å². The Morgan fingerprint density at radius 1 is 0.906 bits per heavy atom. The Balaban J connectivity index is 1.53. The second-order valence-corrected chi connectivity index (χ2v) is 9.23. The summed E-state index contributed by atoms with van der Waals surface area (Å²) in [5, 5.41) is 7.76. The number of aromatic nitrogens is 3. The fourth-order valence-electron chi connectivity index (χ4n) is 3.61. The van der Waals surface area contributed by atoms with Crippen molar-refractivity contribution in [1.82, 2.24) is 14.8 Å². The first kappa shape index (κ1) is 20.0. The molecule has 1 unspecified atom stereocenters. The van der Waals surface area contributed by atoms with Crippen LogP contribution in [0.2, 0.25) is 0 Å². The van der Waals surface area contributed by atoms with Gasteiger partial charge in [-0.25, -0.2) is 17.8 Å². The van der Waals surface area contributed by atoms with Crippen LogP contribution in [0.4, 0.5) is 11.9 Å². The maximum absolute atomic E-state index is 12.8. The number of hydrogen-bond donors (Lipinski definition) is 2. The largest absolute Gasteiger partial charge is 0.324 e. The second-order valence-electron chi connectivity index (χ2n) is 7.55. The molecule has 1 aliphatic rings. The first-order valence-corrected chi connectivity index (χ1v) is 11.6. The van der Waals surface area contributed by atoms with Gasteiger partial charge in [0.25, 0.3) is 16.0 Å². The minimum Gasteiger partial charge on any atom is -0.324 e. The molecule has 1 atom stereocenters. The van der Waals surface area contributed by atoms with E-state index in [2.05, 4.69) is 26.2 Å². The number of anilines is 2. The molecule has 7 nitrogen and oxygen atoms in total. The van der Waals surface area contributed by atoms with Crippen molar-refractivity contribution in [3.05, 3.63) is 108 Å². The Morgan fingerprint density at radius 2 is 1.56 bits per heavy atom. The number of nitrogens with one attached hydrogen (secondary N) is 2. The van der Waals surface area contributed by atoms with E-state index in [9.17, 15) is 8.42 Å². The first-order chi connectivity index (χ1) is 15.5. The highest BCUT2D eigenvalue weighted by Gasteiger charge is 2.26. The monoisotopic (exact) mass is 443 g/mol. The standard InChI is InChI=1S/C24H21N5O2S/c1-17-12-14-20(15-13-17)32(30,31)28-23-26-24-25-21(18-8-4-2-5-9-18)16-22(29(24)27-23)19-10-6-3-7-11-19/h2-16,22H,1H3,(H2,25,26,27,28). The van der Waals surface area contributed by atoms with Gasteiger partial charge in [0, 0.05) is 5.70 Å². The Hall–Kier alpha value is -3.91. The Bertz CT molecular complexity index is 1380. The lowest BCUT2D eigenvalue weighted by Crippen LogP contribution is -2.20. The van der Waals surface area contributed by atoms with E-state index < -0.39 is 10.0 Å². The zero-order valence-corrected chi connectivity index (χ0v) is 18.1. The lowest BCUT2D eigenvalue weighted by Gasteiger charge is -2.24. The topological polar surface area (TPSA) is 88.9 Å². The molecule has 2 N–H and O–H groups in total. The third kappa shape index (κ3) is 3.88. The van der Waals surface area contributed by atoms with Crippen LogP contribution >= 0.6 is 0 Å². The van der Waals surface area contributed by atoms with Crippen LogP contribution in [0.3, 0.4) is 0 Å². The maximum Gasteiger partial charge on any atom is 0.264 e. The summed E-state index contributed by atoms with van der Waals surface area (Å²) >= 11 is 0. The number of fused-ring (bicyclic) bond motifs is 1. The van der Waals surface area contributed by atoms with Gasteiger partial charge in [0.05, 0.1) is 4.90 Å². The zero-order chi connectivity index (χ0) is 22.1. The molecule has 0 aliphatic carbocycles. The van der Waals surface area contributed by atoms with Crippen LogP contribution in [0, 0.1) is 6.92 Å². The average Bonchev–Trinajstić information content (AvgIpc) is 3.21. The molecule has 0 saturated carbocycles. The SMILES string of the molecule is Cc1ccc(S(=O)(=O)Nc2nc3n(n2)C(c2ccccc2)C=C(c2ccccc2)N3)cc1. The number of allylic oxidation sites excluding steroid dienone is 1. The average molecular weight is 444 g/mol. The Morgan fingerprint density at radius 3 is 2.25 bits per heavy atom. The van der Waals surface area contributed by atoms with Crippen LogP contribution in [-0.4, -0.2) is 23.2 Å². The minimum atomic E-state index is -3.81. The predicted octanol–water partition coefficient (Wildman–Crippen LogP) is 4.44. The van der Waals surface area contributed by atoms with E-state index in [-0.39, 0.29) is 16.9 Å². The van der Waals surface area contributed by atoms with Crippen molar-refractivity contribution >= 4 is 27.6 Å². The Labute approximate surface area is 186 Å². The lowest BCUT2D eigenvalue weighted by atomic mass is 10.0. The van der Waals surface area contributed by atoms with Crippen LogP contribution in [0.5, 0.6) is 0 Å². The van der Waals surface area contributed by atoms with Crippen molar-refractivity contribution in [1.29, 1.82) is 0 Å². The first-order valence-electron chi connectivity index (χ1n) is 10.1. The quantitative estimate of drug-likeness (QED) is 0.476. The van der Waals surface area contributed by atoms with Gasteiger partial charge in [-0.2, -0.15) is 4.98 Å². The summed E-state index contributed by atoms with van der Waals surface area (Å²) in [7, 11) is -3.81. The molecule has 160 valence electrons. The van der Waals surface area contributed by atoms with Crippen LogP contribution in [0.15, 0.2) is 95.9 Å². The van der Waals surface area contributed by atoms with Gasteiger partial charge in [-0.15, -0.1) is 5.10 Å². The summed E-state index contributed by atoms with van der Waals surface area (Å²) in [6.07, 6.45) is 2.06. The summed E-state index contributed by atoms with van der Waals surface area (Å²) in [6, 6.07) is 26.2. The van der Waals surface area contributed by atoms with E-state index in [1.54, 1.807) is 28.9 Å². The second kappa shape index (κ2) is 7.97. The summed E-state index contributed by atoms with van der Waals surface area (Å²) < 4.78 is 29.9. The molecule has 0 bridgehead atoms. The molecule has 1 aliphatic heterocycles. The van der Waals surface area contributed by atoms with Crippen molar-refractivity contribution in [2.75, 3.05) is 10.0 Å². The third-order valence-corrected chi connectivity index (χ3v) is 6.59. The van der Waals surface area contributed by atoms with E-state index >= 15 is 0 Å². The molecule has 3 aromatic carbocycles. The number of benzene rings is 3. The normalized spacial score (nSPS) is 15.4. The highest BCUT2D eigenvalue weighted by Crippen LogP contribution is 2.33. The van der Waals surface area contributed by atoms with Gasteiger partial charge >= 0.3 is 0 Å². The molecule has 1 aromatic heterocycles. The summed E-state index contributed by atoms with van der Waals surface area (Å²) in [4.78, 5) is 4.60. The fraction of sp³-hybridized carbons (Fsp3) is 0.0833. The molecule has 5 rings (SSSR count). The lowest BCUT2D eigenvalue weighted by molar-refractivity contribution is 0.598. The third-order valence-electron chi connectivity index (χ3n) is 5.25. The predicted molar refractivity (Wildman–Crippen MR) is 125 cm³/mol. The number of aryl methyl sites for hydroxylation is 1. The highest BCUT2D eigenvalue weighted by molar-refractivity contribution is 7.92. The molecular formula is C24H21N5O2S. The van der Waals surface area contributed by atoms with Crippen LogP contribution in [0.25, 0.3) is 5.70 Å². The molecule has 32 heavy (non-hydrogen) atoms. The number of nitrogens with zero attached hydrogens (tertiary/aromatic N) is 3. The molecule has 0 radical (unpaired) electrons. The summed E-state index contributed by atoms with van der Waals surface area (Å²) in [5.41, 5.74) is 3.88. The Kier molecular flexibility index (Phi) is 4.99. The van der Waals surface area contributed by atoms with Crippen molar-refractivity contribution in [2.45, 2.75) is 17.9 Å². The molecule has 4 aromatic rings. The molecule has 0 spiro atoms. The van der Waals surface area contributed by atoms with Gasteiger partial charge in [-0.3, -0.25) is 0 Å². The number of hydrogen-bond acceptors (Lipinski definition) is 5. The van der Waals surface area contributed by atoms with Crippen molar-refractivity contribution in [2.24, 2.45) is 0 Å². The van der Waals surface area contributed by atoms with Gasteiger partial charge < -0.3 is 5.32 Å². The fourth-order valence-corrected chi connectivity index (χ4v) is 4.55. The van der Waals surface area contributed by atoms with Crippen molar-refractivity contribution in [3.63, 3.8) is 0 Å². The van der Waals surface area contributed by atoms with Gasteiger partial charge in [-0.05, 0) is 36.3 Å². The summed E-state index contributed by atoms with van der Waals surface area (Å²) in [5.74, 6) is 0.471. The molecule has 2 heterocycles. The van der Waals surface area contributed by atoms with Crippen molar-refractivity contribution in [3.8, 4) is 0 Å². The van der Waals surface area contributed by atoms with Gasteiger partial charge in [0.15, 0.2) is 0 Å². The molecule has 0 amide bonds. The van der Waals surface area contributed by atoms with Crippen LogP contribution < -0.4 is 10.0 Å². The smallest absolute Gasteiger partial charge is 0.264 e. The van der Waals surface area contributed by atoms with Crippen LogP contribution in [-0.2, 0) is 10.0 Å². The van der Waals surface area contributed by atoms with Gasteiger partial charge in [0.1, 0.15) is 6.04 Å². The van der Waals surface area contributed by atoms with E-state index in [4.69, 9.17) is 0 Å². The van der Waals surface area contributed by atoms with Crippen LogP contribution in [0.1, 0.15) is 22.7 Å². The van der Waals surface area contributed by atoms with E-state index in [1.165, 1.54) is 0 Å². The minimum absolute atomic E-state index is 0.0108. The number of rotatable bonds is 5. The molecular weight excluding hydrogens is 422 g/mol. The van der Waals surface area contributed by atoms with Gasteiger partial charge in [0.2, 0.25) is 5.95 Å². The zero-order valence-electron chi connectivity index (χ0n) is 17.3. The number of sulfonamides is 1. The van der Waals surface area contributed by atoms with E-state index in [0.29, 0.717) is 5.95 Å². The molecule has 8 heteroatoms. The van der Waals surface area contributed by atoms with E-state index in [1.807, 2.05) is 67.6 Å². The maximum atomic E-state index is 12.8. The molecule has 0 saturated heterocycles. The summed E-state index contributed by atoms with van der Waals surface area (Å²) in [6.45, 7) is 1.90.